The van der Waals surface area contributed by atoms with Crippen molar-refractivity contribution >= 4 is 50.7 Å². The van der Waals surface area contributed by atoms with Gasteiger partial charge in [-0.1, -0.05) is 78.9 Å². The molecule has 1 atom stereocenters. The topological polar surface area (TPSA) is 86.8 Å². The molecule has 3 aromatic rings. The molecular weight excluding hydrogens is 593 g/mol. The van der Waals surface area contributed by atoms with Gasteiger partial charge >= 0.3 is 0 Å². The van der Waals surface area contributed by atoms with Crippen molar-refractivity contribution in [3.8, 4) is 0 Å². The van der Waals surface area contributed by atoms with Gasteiger partial charge in [0.15, 0.2) is 0 Å². The van der Waals surface area contributed by atoms with E-state index in [9.17, 15) is 18.0 Å². The number of hydrogen-bond acceptors (Lipinski definition) is 4. The van der Waals surface area contributed by atoms with E-state index in [1.54, 1.807) is 48.5 Å². The van der Waals surface area contributed by atoms with Gasteiger partial charge in [-0.3, -0.25) is 13.9 Å². The van der Waals surface area contributed by atoms with Crippen LogP contribution in [0.5, 0.6) is 0 Å². The molecule has 0 aliphatic heterocycles. The van der Waals surface area contributed by atoms with Crippen LogP contribution in [0, 0.1) is 13.8 Å². The first-order valence-electron chi connectivity index (χ1n) is 14.2. The lowest BCUT2D eigenvalue weighted by Crippen LogP contribution is -2.53. The summed E-state index contributed by atoms with van der Waals surface area (Å²) in [5.41, 5.74) is 2.72. The molecule has 0 unspecified atom stereocenters. The van der Waals surface area contributed by atoms with Gasteiger partial charge in [0.05, 0.1) is 10.6 Å². The summed E-state index contributed by atoms with van der Waals surface area (Å²) in [4.78, 5) is 29.3. The van der Waals surface area contributed by atoms with E-state index in [2.05, 4.69) is 5.32 Å². The largest absolute Gasteiger partial charge is 0.352 e. The van der Waals surface area contributed by atoms with Gasteiger partial charge in [-0.05, 0) is 80.6 Å². The normalized spacial score (nSPS) is 14.4. The molecule has 1 saturated carbocycles. The number of aryl methyl sites for hydroxylation is 2. The zero-order valence-corrected chi connectivity index (χ0v) is 26.5. The van der Waals surface area contributed by atoms with E-state index in [0.717, 1.165) is 41.1 Å². The molecule has 224 valence electrons. The first kappa shape index (κ1) is 31.9. The summed E-state index contributed by atoms with van der Waals surface area (Å²) >= 11 is 12.6. The van der Waals surface area contributed by atoms with Crippen molar-refractivity contribution in [3.63, 3.8) is 0 Å². The lowest BCUT2D eigenvalue weighted by atomic mass is 10.1. The first-order valence-corrected chi connectivity index (χ1v) is 16.4. The van der Waals surface area contributed by atoms with Crippen LogP contribution in [0.25, 0.3) is 0 Å². The predicted molar refractivity (Wildman–Crippen MR) is 168 cm³/mol. The van der Waals surface area contributed by atoms with Crippen LogP contribution in [0.3, 0.4) is 0 Å². The number of sulfonamides is 1. The number of rotatable bonds is 11. The van der Waals surface area contributed by atoms with Crippen molar-refractivity contribution in [1.82, 2.24) is 10.2 Å². The molecule has 42 heavy (non-hydrogen) atoms. The molecule has 0 heterocycles. The molecule has 1 aliphatic rings. The second kappa shape index (κ2) is 13.9. The van der Waals surface area contributed by atoms with Gasteiger partial charge < -0.3 is 10.2 Å². The lowest BCUT2D eigenvalue weighted by molar-refractivity contribution is -0.140. The Morgan fingerprint density at radius 1 is 0.952 bits per heavy atom. The molecule has 7 nitrogen and oxygen atoms in total. The predicted octanol–water partition coefficient (Wildman–Crippen LogP) is 6.67. The number of anilines is 1. The number of benzene rings is 3. The fourth-order valence-electron chi connectivity index (χ4n) is 5.27. The molecular formula is C32H37Cl2N3O4S. The van der Waals surface area contributed by atoms with E-state index in [1.807, 2.05) is 26.8 Å². The van der Waals surface area contributed by atoms with Crippen molar-refractivity contribution < 1.29 is 18.0 Å². The average Bonchev–Trinajstić information content (AvgIpc) is 3.45. The maximum Gasteiger partial charge on any atom is 0.264 e. The number of carbonyl (C=O) groups excluding carboxylic acids is 2. The van der Waals surface area contributed by atoms with Gasteiger partial charge in [0.1, 0.15) is 12.6 Å². The van der Waals surface area contributed by atoms with E-state index >= 15 is 0 Å². The van der Waals surface area contributed by atoms with Crippen LogP contribution < -0.4 is 9.62 Å². The smallest absolute Gasteiger partial charge is 0.264 e. The van der Waals surface area contributed by atoms with Crippen LogP contribution in [0.1, 0.15) is 55.7 Å². The van der Waals surface area contributed by atoms with Gasteiger partial charge in [-0.25, -0.2) is 8.42 Å². The van der Waals surface area contributed by atoms with Crippen molar-refractivity contribution in [2.24, 2.45) is 0 Å². The number of carbonyl (C=O) groups is 2. The number of nitrogens with zero attached hydrogens (tertiary/aromatic N) is 2. The zero-order chi connectivity index (χ0) is 30.4. The minimum absolute atomic E-state index is 0.0116. The van der Waals surface area contributed by atoms with Crippen LogP contribution in [0.4, 0.5) is 5.69 Å². The highest BCUT2D eigenvalue weighted by Gasteiger charge is 2.35. The van der Waals surface area contributed by atoms with Crippen molar-refractivity contribution in [2.75, 3.05) is 10.8 Å². The molecule has 0 aromatic heterocycles. The second-order valence-corrected chi connectivity index (χ2v) is 13.5. The third-order valence-electron chi connectivity index (χ3n) is 7.62. The summed E-state index contributed by atoms with van der Waals surface area (Å²) in [5.74, 6) is -0.780. The summed E-state index contributed by atoms with van der Waals surface area (Å²) in [5, 5.41) is 3.91. The first-order chi connectivity index (χ1) is 20.0. The van der Waals surface area contributed by atoms with E-state index in [1.165, 1.54) is 17.0 Å². The molecule has 2 amide bonds. The van der Waals surface area contributed by atoms with Crippen LogP contribution in [-0.4, -0.2) is 43.8 Å². The van der Waals surface area contributed by atoms with Crippen LogP contribution in [0.2, 0.25) is 10.0 Å². The number of halogens is 2. The number of hydrogen-bond donors (Lipinski definition) is 1. The Morgan fingerprint density at radius 3 is 2.26 bits per heavy atom. The van der Waals surface area contributed by atoms with Crippen LogP contribution in [-0.2, 0) is 26.2 Å². The molecule has 1 N–H and O–H groups in total. The lowest BCUT2D eigenvalue weighted by Gasteiger charge is -2.34. The van der Waals surface area contributed by atoms with Gasteiger partial charge in [0.25, 0.3) is 10.0 Å². The Labute approximate surface area is 258 Å². The molecule has 0 saturated heterocycles. The highest BCUT2D eigenvalue weighted by molar-refractivity contribution is 7.92. The van der Waals surface area contributed by atoms with E-state index in [0.29, 0.717) is 27.7 Å². The van der Waals surface area contributed by atoms with E-state index in [-0.39, 0.29) is 23.4 Å². The van der Waals surface area contributed by atoms with Gasteiger partial charge in [0.2, 0.25) is 11.8 Å². The molecule has 3 aromatic carbocycles. The maximum atomic E-state index is 14.2. The van der Waals surface area contributed by atoms with Gasteiger partial charge in [0, 0.05) is 22.6 Å². The molecule has 0 radical (unpaired) electrons. The molecule has 1 fully saturated rings. The Bertz CT molecular complexity index is 1520. The Hall–Kier alpha value is -3.07. The summed E-state index contributed by atoms with van der Waals surface area (Å²) in [6.45, 7) is 5.08. The third-order valence-corrected chi connectivity index (χ3v) is 10.00. The molecule has 1 aliphatic carbocycles. The minimum Gasteiger partial charge on any atom is -0.352 e. The quantitative estimate of drug-likeness (QED) is 0.256. The SMILES string of the molecule is CC[C@@H](C(=O)NC1CCCC1)N(Cc1ccc(Cl)cc1Cl)C(=O)CN(c1cccc(C)c1)S(=O)(=O)c1ccc(C)cc1. The zero-order valence-electron chi connectivity index (χ0n) is 24.1. The molecule has 0 spiro atoms. The van der Waals surface area contributed by atoms with Crippen molar-refractivity contribution in [2.45, 2.75) is 76.4 Å². The monoisotopic (exact) mass is 629 g/mol. The number of amides is 2. The van der Waals surface area contributed by atoms with E-state index in [4.69, 9.17) is 23.2 Å². The standard InChI is InChI=1S/C32H37Cl2N3O4S/c1-4-30(32(39)35-26-9-5-6-10-26)36(20-24-14-15-25(33)19-29(24)34)31(38)21-37(27-11-7-8-23(3)18-27)42(40,41)28-16-12-22(2)13-17-28/h7-8,11-19,26,30H,4-6,9-10,20-21H2,1-3H3,(H,35,39)/t30-/m0/s1. The highest BCUT2D eigenvalue weighted by Crippen LogP contribution is 2.28. The average molecular weight is 631 g/mol. The van der Waals surface area contributed by atoms with Gasteiger partial charge in [-0.15, -0.1) is 0 Å². The summed E-state index contributed by atoms with van der Waals surface area (Å²) in [6.07, 6.45) is 4.23. The van der Waals surface area contributed by atoms with E-state index < -0.39 is 28.5 Å². The maximum absolute atomic E-state index is 14.2. The highest BCUT2D eigenvalue weighted by atomic mass is 35.5. The minimum atomic E-state index is -4.13. The van der Waals surface area contributed by atoms with Gasteiger partial charge in [-0.2, -0.15) is 0 Å². The van der Waals surface area contributed by atoms with Crippen LogP contribution >= 0.6 is 23.2 Å². The Kier molecular flexibility index (Phi) is 10.6. The van der Waals surface area contributed by atoms with Crippen molar-refractivity contribution in [1.29, 1.82) is 0 Å². The Morgan fingerprint density at radius 2 is 1.64 bits per heavy atom. The fraction of sp³-hybridized carbons (Fsp3) is 0.375. The Balaban J connectivity index is 1.73. The second-order valence-electron chi connectivity index (χ2n) is 10.8. The summed E-state index contributed by atoms with van der Waals surface area (Å²) in [6, 6.07) is 17.7. The molecule has 4 rings (SSSR count). The number of nitrogens with one attached hydrogen (secondary N) is 1. The third kappa shape index (κ3) is 7.65. The molecule has 0 bridgehead atoms. The van der Waals surface area contributed by atoms with Crippen molar-refractivity contribution in [3.05, 3.63) is 93.5 Å². The molecule has 10 heteroatoms. The summed E-state index contributed by atoms with van der Waals surface area (Å²) in [7, 11) is -4.13. The summed E-state index contributed by atoms with van der Waals surface area (Å²) < 4.78 is 29.1. The fourth-order valence-corrected chi connectivity index (χ4v) is 7.14. The van der Waals surface area contributed by atoms with Crippen LogP contribution in [0.15, 0.2) is 71.6 Å².